The molecule has 0 aliphatic carbocycles. The Kier molecular flexibility index (Phi) is 5.35. The van der Waals surface area contributed by atoms with Crippen LogP contribution in [-0.4, -0.2) is 32.8 Å². The van der Waals surface area contributed by atoms with Gasteiger partial charge in [-0.15, -0.1) is 0 Å². The molecule has 0 saturated carbocycles. The lowest BCUT2D eigenvalue weighted by Gasteiger charge is -2.33. The summed E-state index contributed by atoms with van der Waals surface area (Å²) in [7, 11) is 0. The number of benzene rings is 1. The maximum atomic E-state index is 12.8. The summed E-state index contributed by atoms with van der Waals surface area (Å²) in [6.45, 7) is 1.22. The van der Waals surface area contributed by atoms with Gasteiger partial charge in [0.25, 0.3) is 0 Å². The molecule has 0 radical (unpaired) electrons. The van der Waals surface area contributed by atoms with E-state index < -0.39 is 11.7 Å². The lowest BCUT2D eigenvalue weighted by molar-refractivity contribution is -0.137. The molecular weight excluding hydrogens is 423 g/mol. The van der Waals surface area contributed by atoms with E-state index in [9.17, 15) is 13.2 Å². The fourth-order valence-electron chi connectivity index (χ4n) is 3.58. The molecule has 0 atom stereocenters. The molecule has 3 heterocycles. The summed E-state index contributed by atoms with van der Waals surface area (Å²) >= 11 is 11.5. The summed E-state index contributed by atoms with van der Waals surface area (Å²) in [5, 5.41) is 7.30. The Labute approximate surface area is 175 Å². The van der Waals surface area contributed by atoms with Gasteiger partial charge < -0.3 is 4.90 Å². The van der Waals surface area contributed by atoms with Gasteiger partial charge in [0.15, 0.2) is 4.77 Å². The number of para-hydroxylation sites is 1. The molecule has 4 rings (SSSR count). The van der Waals surface area contributed by atoms with E-state index in [2.05, 4.69) is 15.2 Å². The van der Waals surface area contributed by atoms with E-state index in [4.69, 9.17) is 23.8 Å². The molecule has 2 aromatic heterocycles. The van der Waals surface area contributed by atoms with E-state index in [-0.39, 0.29) is 10.9 Å². The quantitative estimate of drug-likeness (QED) is 0.556. The fourth-order valence-corrected chi connectivity index (χ4v) is 4.11. The second-order valence-electron chi connectivity index (χ2n) is 6.85. The summed E-state index contributed by atoms with van der Waals surface area (Å²) < 4.78 is 40.9. The molecule has 0 spiro atoms. The number of piperidine rings is 1. The van der Waals surface area contributed by atoms with E-state index in [1.54, 1.807) is 0 Å². The van der Waals surface area contributed by atoms with Gasteiger partial charge in [0.2, 0.25) is 0 Å². The molecule has 1 fully saturated rings. The molecule has 0 unspecified atom stereocenters. The van der Waals surface area contributed by atoms with Crippen LogP contribution in [0.1, 0.15) is 30.1 Å². The predicted octanol–water partition coefficient (Wildman–Crippen LogP) is 5.38. The van der Waals surface area contributed by atoms with Crippen molar-refractivity contribution in [2.24, 2.45) is 0 Å². The molecule has 1 aliphatic heterocycles. The highest BCUT2D eigenvalue weighted by molar-refractivity contribution is 7.71. The second-order valence-corrected chi connectivity index (χ2v) is 7.64. The molecule has 1 aromatic carbocycles. The van der Waals surface area contributed by atoms with Gasteiger partial charge in [-0.05, 0) is 43.3 Å². The minimum Gasteiger partial charge on any atom is -0.355 e. The molecule has 3 aromatic rings. The normalized spacial score (nSPS) is 15.7. The summed E-state index contributed by atoms with van der Waals surface area (Å²) in [6.07, 6.45) is -2.13. The van der Waals surface area contributed by atoms with E-state index >= 15 is 0 Å². The van der Waals surface area contributed by atoms with Crippen molar-refractivity contribution in [2.75, 3.05) is 18.0 Å². The zero-order valence-corrected chi connectivity index (χ0v) is 16.7. The van der Waals surface area contributed by atoms with Gasteiger partial charge >= 0.3 is 6.18 Å². The topological polar surface area (TPSA) is 49.7 Å². The first-order chi connectivity index (χ1) is 13.8. The number of pyridine rings is 1. The highest BCUT2D eigenvalue weighted by atomic mass is 35.5. The average Bonchev–Trinajstić information content (AvgIpc) is 3.09. The number of nitrogens with zero attached hydrogens (tertiary/aromatic N) is 4. The number of rotatable bonds is 3. The fraction of sp³-hybridized carbons (Fsp3) is 0.316. The van der Waals surface area contributed by atoms with Gasteiger partial charge in [-0.25, -0.2) is 4.98 Å². The van der Waals surface area contributed by atoms with Crippen LogP contribution in [0.3, 0.4) is 0 Å². The van der Waals surface area contributed by atoms with Crippen molar-refractivity contribution >= 4 is 29.6 Å². The number of anilines is 1. The van der Waals surface area contributed by atoms with E-state index in [1.165, 1.54) is 0 Å². The number of hydrogen-bond acceptors (Lipinski definition) is 4. The minimum atomic E-state index is -4.46. The molecule has 0 bridgehead atoms. The van der Waals surface area contributed by atoms with Gasteiger partial charge in [-0.3, -0.25) is 9.67 Å². The van der Waals surface area contributed by atoms with E-state index in [0.29, 0.717) is 23.7 Å². The van der Waals surface area contributed by atoms with Crippen molar-refractivity contribution in [2.45, 2.75) is 24.9 Å². The highest BCUT2D eigenvalue weighted by Crippen LogP contribution is 2.36. The van der Waals surface area contributed by atoms with Gasteiger partial charge in [0.05, 0.1) is 10.6 Å². The van der Waals surface area contributed by atoms with Crippen LogP contribution >= 0.6 is 23.8 Å². The van der Waals surface area contributed by atoms with Crippen LogP contribution in [0.25, 0.3) is 5.69 Å². The summed E-state index contributed by atoms with van der Waals surface area (Å²) in [4.78, 5) is 5.88. The monoisotopic (exact) mass is 439 g/mol. The largest absolute Gasteiger partial charge is 0.417 e. The first kappa shape index (κ1) is 19.9. The summed E-state index contributed by atoms with van der Waals surface area (Å²) in [5.74, 6) is 1.39. The van der Waals surface area contributed by atoms with Crippen LogP contribution in [0.5, 0.6) is 0 Å². The van der Waals surface area contributed by atoms with Crippen LogP contribution in [0.4, 0.5) is 19.0 Å². The molecule has 1 aliphatic rings. The Morgan fingerprint density at radius 3 is 2.45 bits per heavy atom. The third-order valence-corrected chi connectivity index (χ3v) is 5.57. The summed E-state index contributed by atoms with van der Waals surface area (Å²) in [6, 6.07) is 10.7. The van der Waals surface area contributed by atoms with E-state index in [1.807, 2.05) is 39.8 Å². The van der Waals surface area contributed by atoms with Crippen LogP contribution in [0.2, 0.25) is 5.02 Å². The standard InChI is InChI=1S/C19H17ClF3N5S/c20-15-10-13(19(21,22)23)11-24-17(15)27-8-6-12(7-9-27)16-25-26-18(29)28(16)14-4-2-1-3-5-14/h1-5,10-12H,6-9H2,(H,26,29). The lowest BCUT2D eigenvalue weighted by atomic mass is 9.95. The smallest absolute Gasteiger partial charge is 0.355 e. The Morgan fingerprint density at radius 2 is 1.83 bits per heavy atom. The van der Waals surface area contributed by atoms with Crippen LogP contribution in [0, 0.1) is 4.77 Å². The number of aromatic amines is 1. The second kappa shape index (κ2) is 7.79. The van der Waals surface area contributed by atoms with Crippen LogP contribution < -0.4 is 4.90 Å². The number of H-pyrrole nitrogens is 1. The first-order valence-electron chi connectivity index (χ1n) is 9.05. The Bertz CT molecular complexity index is 1060. The highest BCUT2D eigenvalue weighted by Gasteiger charge is 2.33. The Balaban J connectivity index is 1.52. The zero-order chi connectivity index (χ0) is 20.6. The molecule has 152 valence electrons. The van der Waals surface area contributed by atoms with Crippen molar-refractivity contribution in [1.82, 2.24) is 19.7 Å². The lowest BCUT2D eigenvalue weighted by Crippen LogP contribution is -2.34. The average molecular weight is 440 g/mol. The van der Waals surface area contributed by atoms with Crippen molar-refractivity contribution in [3.05, 3.63) is 63.8 Å². The number of alkyl halides is 3. The van der Waals surface area contributed by atoms with Crippen LogP contribution in [0.15, 0.2) is 42.6 Å². The van der Waals surface area contributed by atoms with Crippen molar-refractivity contribution in [3.63, 3.8) is 0 Å². The number of aromatic nitrogens is 4. The Hall–Kier alpha value is -2.39. The zero-order valence-electron chi connectivity index (χ0n) is 15.2. The third kappa shape index (κ3) is 4.02. The third-order valence-electron chi connectivity index (χ3n) is 5.02. The van der Waals surface area contributed by atoms with Gasteiger partial charge in [-0.2, -0.15) is 18.3 Å². The van der Waals surface area contributed by atoms with Gasteiger partial charge in [-0.1, -0.05) is 29.8 Å². The molecule has 1 N–H and O–H groups in total. The number of hydrogen-bond donors (Lipinski definition) is 1. The first-order valence-corrected chi connectivity index (χ1v) is 9.83. The maximum absolute atomic E-state index is 12.8. The number of halogens is 4. The molecule has 29 heavy (non-hydrogen) atoms. The molecule has 0 amide bonds. The van der Waals surface area contributed by atoms with Crippen molar-refractivity contribution < 1.29 is 13.2 Å². The van der Waals surface area contributed by atoms with Gasteiger partial charge in [0.1, 0.15) is 11.6 Å². The Morgan fingerprint density at radius 1 is 1.14 bits per heavy atom. The summed E-state index contributed by atoms with van der Waals surface area (Å²) in [5.41, 5.74) is 0.0932. The van der Waals surface area contributed by atoms with Crippen LogP contribution in [-0.2, 0) is 6.18 Å². The SMILES string of the molecule is FC(F)(F)c1cnc(N2CCC(c3n[nH]c(=S)n3-c3ccccc3)CC2)c(Cl)c1. The minimum absolute atomic E-state index is 0.00485. The van der Waals surface area contributed by atoms with E-state index in [0.717, 1.165) is 36.6 Å². The number of nitrogens with one attached hydrogen (secondary N) is 1. The van der Waals surface area contributed by atoms with Crippen molar-refractivity contribution in [1.29, 1.82) is 0 Å². The maximum Gasteiger partial charge on any atom is 0.417 e. The molecule has 1 saturated heterocycles. The van der Waals surface area contributed by atoms with Gasteiger partial charge in [0, 0.05) is 30.9 Å². The molecule has 5 nitrogen and oxygen atoms in total. The molecule has 10 heteroatoms. The molecular formula is C19H17ClF3N5S. The van der Waals surface area contributed by atoms with Crippen molar-refractivity contribution in [3.8, 4) is 5.69 Å². The predicted molar refractivity (Wildman–Crippen MR) is 107 cm³/mol.